The van der Waals surface area contributed by atoms with Crippen LogP contribution in [0.3, 0.4) is 0 Å². The van der Waals surface area contributed by atoms with Crippen LogP contribution in [-0.2, 0) is 0 Å². The summed E-state index contributed by atoms with van der Waals surface area (Å²) in [7, 11) is 0. The summed E-state index contributed by atoms with van der Waals surface area (Å²) in [6, 6.07) is 6.50. The number of pyridine rings is 1. The van der Waals surface area contributed by atoms with Crippen molar-refractivity contribution in [2.45, 2.75) is 39.7 Å². The fourth-order valence-electron chi connectivity index (χ4n) is 1.22. The monoisotopic (exact) mass is 207 g/mol. The van der Waals surface area contributed by atoms with Gasteiger partial charge in [-0.1, -0.05) is 19.9 Å². The molecule has 1 heterocycles. The molecule has 0 amide bonds. The van der Waals surface area contributed by atoms with E-state index in [-0.39, 0.29) is 0 Å². The molecule has 84 valence electrons. The van der Waals surface area contributed by atoms with Crippen LogP contribution in [0.15, 0.2) is 18.2 Å². The molecule has 1 rings (SSSR count). The van der Waals surface area contributed by atoms with Crippen LogP contribution in [0.2, 0.25) is 0 Å². The molecule has 0 aliphatic rings. The average molecular weight is 207 g/mol. The molecule has 2 N–H and O–H groups in total. The van der Waals surface area contributed by atoms with Crippen LogP contribution in [0.4, 0.5) is 11.6 Å². The second-order valence-electron chi connectivity index (χ2n) is 3.79. The van der Waals surface area contributed by atoms with Gasteiger partial charge in [0.05, 0.1) is 0 Å². The van der Waals surface area contributed by atoms with Gasteiger partial charge in [-0.3, -0.25) is 0 Å². The van der Waals surface area contributed by atoms with Crippen LogP contribution in [-0.4, -0.2) is 17.6 Å². The zero-order valence-electron chi connectivity index (χ0n) is 9.88. The SMILES string of the molecule is CCCNc1cccc(NC(C)CC)n1. The Morgan fingerprint density at radius 1 is 1.27 bits per heavy atom. The van der Waals surface area contributed by atoms with Gasteiger partial charge in [-0.15, -0.1) is 0 Å². The average Bonchev–Trinajstić information content (AvgIpc) is 2.26. The van der Waals surface area contributed by atoms with E-state index < -0.39 is 0 Å². The van der Waals surface area contributed by atoms with Gasteiger partial charge >= 0.3 is 0 Å². The van der Waals surface area contributed by atoms with Crippen molar-refractivity contribution >= 4 is 11.6 Å². The van der Waals surface area contributed by atoms with Crippen molar-refractivity contribution < 1.29 is 0 Å². The second-order valence-corrected chi connectivity index (χ2v) is 3.79. The van der Waals surface area contributed by atoms with Crippen molar-refractivity contribution in [1.29, 1.82) is 0 Å². The van der Waals surface area contributed by atoms with Crippen molar-refractivity contribution in [3.05, 3.63) is 18.2 Å². The Balaban J connectivity index is 2.57. The molecule has 3 nitrogen and oxygen atoms in total. The highest BCUT2D eigenvalue weighted by Crippen LogP contribution is 2.10. The molecule has 0 spiro atoms. The summed E-state index contributed by atoms with van der Waals surface area (Å²) in [5.74, 6) is 1.90. The van der Waals surface area contributed by atoms with Gasteiger partial charge in [-0.25, -0.2) is 4.98 Å². The highest BCUT2D eigenvalue weighted by atomic mass is 15.1. The molecule has 0 aromatic carbocycles. The van der Waals surface area contributed by atoms with Crippen LogP contribution in [0.1, 0.15) is 33.6 Å². The Morgan fingerprint density at radius 3 is 2.67 bits per heavy atom. The molecule has 0 bridgehead atoms. The molecule has 15 heavy (non-hydrogen) atoms. The van der Waals surface area contributed by atoms with E-state index >= 15 is 0 Å². The molecular weight excluding hydrogens is 186 g/mol. The van der Waals surface area contributed by atoms with Gasteiger partial charge in [0.15, 0.2) is 0 Å². The lowest BCUT2D eigenvalue weighted by Gasteiger charge is -2.13. The fourth-order valence-corrected chi connectivity index (χ4v) is 1.22. The summed E-state index contributed by atoms with van der Waals surface area (Å²) in [5.41, 5.74) is 0. The molecule has 1 unspecified atom stereocenters. The van der Waals surface area contributed by atoms with Gasteiger partial charge in [0.1, 0.15) is 11.6 Å². The molecule has 3 heteroatoms. The molecule has 0 saturated carbocycles. The number of anilines is 2. The summed E-state index contributed by atoms with van der Waals surface area (Å²) < 4.78 is 0. The minimum absolute atomic E-state index is 0.471. The summed E-state index contributed by atoms with van der Waals surface area (Å²) in [4.78, 5) is 4.48. The van der Waals surface area contributed by atoms with E-state index in [2.05, 4.69) is 36.4 Å². The smallest absolute Gasteiger partial charge is 0.128 e. The van der Waals surface area contributed by atoms with Crippen LogP contribution in [0.5, 0.6) is 0 Å². The number of nitrogens with zero attached hydrogens (tertiary/aromatic N) is 1. The molecule has 1 atom stereocenters. The van der Waals surface area contributed by atoms with Crippen LogP contribution >= 0.6 is 0 Å². The van der Waals surface area contributed by atoms with Gasteiger partial charge in [-0.05, 0) is 31.9 Å². The molecule has 0 saturated heterocycles. The zero-order chi connectivity index (χ0) is 11.1. The lowest BCUT2D eigenvalue weighted by Crippen LogP contribution is -2.14. The lowest BCUT2D eigenvalue weighted by atomic mass is 10.2. The number of aromatic nitrogens is 1. The van der Waals surface area contributed by atoms with Crippen LogP contribution in [0, 0.1) is 0 Å². The summed E-state index contributed by atoms with van der Waals surface area (Å²) in [6.07, 6.45) is 2.22. The fraction of sp³-hybridized carbons (Fsp3) is 0.583. The van der Waals surface area contributed by atoms with E-state index in [1.807, 2.05) is 18.2 Å². The highest BCUT2D eigenvalue weighted by Gasteiger charge is 2.00. The minimum atomic E-state index is 0.471. The number of hydrogen-bond acceptors (Lipinski definition) is 3. The zero-order valence-corrected chi connectivity index (χ0v) is 9.88. The maximum absolute atomic E-state index is 4.48. The van der Waals surface area contributed by atoms with E-state index in [4.69, 9.17) is 0 Å². The largest absolute Gasteiger partial charge is 0.370 e. The minimum Gasteiger partial charge on any atom is -0.370 e. The van der Waals surface area contributed by atoms with Crippen LogP contribution < -0.4 is 10.6 Å². The third-order valence-electron chi connectivity index (χ3n) is 2.31. The van der Waals surface area contributed by atoms with Crippen molar-refractivity contribution in [2.24, 2.45) is 0 Å². The molecular formula is C12H21N3. The van der Waals surface area contributed by atoms with Gasteiger partial charge in [0.25, 0.3) is 0 Å². The predicted molar refractivity (Wildman–Crippen MR) is 66.4 cm³/mol. The third kappa shape index (κ3) is 4.19. The predicted octanol–water partition coefficient (Wildman–Crippen LogP) is 3.11. The number of nitrogens with one attached hydrogen (secondary N) is 2. The molecule has 0 aliphatic carbocycles. The maximum atomic E-state index is 4.48. The van der Waals surface area contributed by atoms with E-state index in [0.717, 1.165) is 31.0 Å². The highest BCUT2D eigenvalue weighted by molar-refractivity contribution is 5.45. The van der Waals surface area contributed by atoms with Gasteiger partial charge in [-0.2, -0.15) is 0 Å². The molecule has 0 aliphatic heterocycles. The molecule has 0 fully saturated rings. The van der Waals surface area contributed by atoms with E-state index in [0.29, 0.717) is 6.04 Å². The summed E-state index contributed by atoms with van der Waals surface area (Å²) in [6.45, 7) is 7.44. The van der Waals surface area contributed by atoms with Crippen molar-refractivity contribution in [3.63, 3.8) is 0 Å². The Hall–Kier alpha value is -1.25. The first-order valence-corrected chi connectivity index (χ1v) is 5.73. The standard InChI is InChI=1S/C12H21N3/c1-4-9-13-11-7-6-8-12(15-11)14-10(3)5-2/h6-8,10H,4-5,9H2,1-3H3,(H2,13,14,15). The lowest BCUT2D eigenvalue weighted by molar-refractivity contribution is 0.759. The molecule has 1 aromatic heterocycles. The quantitative estimate of drug-likeness (QED) is 0.752. The normalized spacial score (nSPS) is 12.2. The Bertz CT molecular complexity index is 286. The van der Waals surface area contributed by atoms with Gasteiger partial charge < -0.3 is 10.6 Å². The first-order chi connectivity index (χ1) is 7.26. The van der Waals surface area contributed by atoms with Crippen molar-refractivity contribution in [3.8, 4) is 0 Å². The van der Waals surface area contributed by atoms with Crippen molar-refractivity contribution in [2.75, 3.05) is 17.2 Å². The first kappa shape index (κ1) is 11.8. The molecule has 0 radical (unpaired) electrons. The second kappa shape index (κ2) is 6.27. The first-order valence-electron chi connectivity index (χ1n) is 5.73. The van der Waals surface area contributed by atoms with Gasteiger partial charge in [0, 0.05) is 12.6 Å². The molecule has 1 aromatic rings. The third-order valence-corrected chi connectivity index (χ3v) is 2.31. The number of hydrogen-bond donors (Lipinski definition) is 2. The Kier molecular flexibility index (Phi) is 4.95. The Labute approximate surface area is 92.3 Å². The van der Waals surface area contributed by atoms with Crippen molar-refractivity contribution in [1.82, 2.24) is 4.98 Å². The Morgan fingerprint density at radius 2 is 2.00 bits per heavy atom. The summed E-state index contributed by atoms with van der Waals surface area (Å²) >= 11 is 0. The van der Waals surface area contributed by atoms with E-state index in [9.17, 15) is 0 Å². The topological polar surface area (TPSA) is 37.0 Å². The number of rotatable bonds is 6. The van der Waals surface area contributed by atoms with Crippen LogP contribution in [0.25, 0.3) is 0 Å². The maximum Gasteiger partial charge on any atom is 0.128 e. The summed E-state index contributed by atoms with van der Waals surface area (Å²) in [5, 5.41) is 6.63. The van der Waals surface area contributed by atoms with E-state index in [1.54, 1.807) is 0 Å². The van der Waals surface area contributed by atoms with E-state index in [1.165, 1.54) is 0 Å². The van der Waals surface area contributed by atoms with Gasteiger partial charge in [0.2, 0.25) is 0 Å².